The summed E-state index contributed by atoms with van der Waals surface area (Å²) in [7, 11) is 0. The summed E-state index contributed by atoms with van der Waals surface area (Å²) in [5.41, 5.74) is 3.23. The molecular formula is C19H16N4OS. The number of fused-ring (bicyclic) bond motifs is 1. The lowest BCUT2D eigenvalue weighted by molar-refractivity contribution is 0.759. The maximum Gasteiger partial charge on any atom is 0.250 e. The lowest BCUT2D eigenvalue weighted by Crippen LogP contribution is -2.18. The van der Waals surface area contributed by atoms with Crippen LogP contribution in [0.2, 0.25) is 0 Å². The van der Waals surface area contributed by atoms with Crippen LogP contribution in [0.5, 0.6) is 0 Å². The Morgan fingerprint density at radius 1 is 1.00 bits per heavy atom. The molecule has 0 aliphatic rings. The van der Waals surface area contributed by atoms with Gasteiger partial charge in [0.05, 0.1) is 16.8 Å². The van der Waals surface area contributed by atoms with Gasteiger partial charge >= 0.3 is 0 Å². The molecule has 0 spiro atoms. The van der Waals surface area contributed by atoms with Gasteiger partial charge in [-0.1, -0.05) is 30.3 Å². The molecule has 0 aliphatic carbocycles. The third-order valence-corrected chi connectivity index (χ3v) is 4.89. The number of hydrogen-bond donors (Lipinski definition) is 1. The van der Waals surface area contributed by atoms with Gasteiger partial charge in [-0.05, 0) is 28.6 Å². The number of hydrogen-bond acceptors (Lipinski definition) is 5. The van der Waals surface area contributed by atoms with Crippen LogP contribution in [-0.2, 0) is 13.1 Å². The van der Waals surface area contributed by atoms with E-state index in [-0.39, 0.29) is 5.56 Å². The number of nitrogens with one attached hydrogen (secondary N) is 1. The molecule has 0 radical (unpaired) electrons. The summed E-state index contributed by atoms with van der Waals surface area (Å²) < 4.78 is 2.77. The maximum absolute atomic E-state index is 11.8. The molecule has 1 N–H and O–H groups in total. The summed E-state index contributed by atoms with van der Waals surface area (Å²) in [5.74, 6) is 0.861. The quantitative estimate of drug-likeness (QED) is 0.599. The SMILES string of the molecule is O=c1ccccn1Cc1ccc(CNc2ncnc3ccsc23)cc1. The van der Waals surface area contributed by atoms with Crippen molar-refractivity contribution >= 4 is 27.4 Å². The van der Waals surface area contributed by atoms with Gasteiger partial charge in [0, 0.05) is 18.8 Å². The second-order valence-corrected chi connectivity index (χ2v) is 6.61. The summed E-state index contributed by atoms with van der Waals surface area (Å²) in [5, 5.41) is 5.39. The molecule has 0 amide bonds. The van der Waals surface area contributed by atoms with E-state index >= 15 is 0 Å². The molecule has 6 heteroatoms. The van der Waals surface area contributed by atoms with E-state index in [1.54, 1.807) is 40.6 Å². The van der Waals surface area contributed by atoms with Gasteiger partial charge in [-0.3, -0.25) is 4.79 Å². The minimum atomic E-state index is 0.0111. The Morgan fingerprint density at radius 3 is 2.68 bits per heavy atom. The summed E-state index contributed by atoms with van der Waals surface area (Å²) >= 11 is 1.63. The zero-order valence-electron chi connectivity index (χ0n) is 13.4. The van der Waals surface area contributed by atoms with Crippen LogP contribution in [0.4, 0.5) is 5.82 Å². The Balaban J connectivity index is 1.45. The lowest BCUT2D eigenvalue weighted by Gasteiger charge is -2.08. The number of nitrogens with zero attached hydrogens (tertiary/aromatic N) is 3. The normalized spacial score (nSPS) is 10.9. The molecule has 0 saturated carbocycles. The minimum absolute atomic E-state index is 0.0111. The van der Waals surface area contributed by atoms with Crippen molar-refractivity contribution in [3.05, 3.63) is 87.9 Å². The number of anilines is 1. The summed E-state index contributed by atoms with van der Waals surface area (Å²) in [4.78, 5) is 20.4. The first-order chi connectivity index (χ1) is 12.3. The number of thiophene rings is 1. The predicted molar refractivity (Wildman–Crippen MR) is 101 cm³/mol. The molecule has 124 valence electrons. The van der Waals surface area contributed by atoms with E-state index in [1.807, 2.05) is 17.5 Å². The van der Waals surface area contributed by atoms with Crippen LogP contribution in [0.1, 0.15) is 11.1 Å². The van der Waals surface area contributed by atoms with Crippen molar-refractivity contribution in [3.63, 3.8) is 0 Å². The van der Waals surface area contributed by atoms with Crippen LogP contribution in [0.3, 0.4) is 0 Å². The number of pyridine rings is 1. The van der Waals surface area contributed by atoms with E-state index in [0.29, 0.717) is 13.1 Å². The average molecular weight is 348 g/mol. The first-order valence-electron chi connectivity index (χ1n) is 7.95. The standard InChI is InChI=1S/C19H16N4OS/c24-17-3-1-2-9-23(17)12-15-6-4-14(5-7-15)11-20-19-18-16(8-10-25-18)21-13-22-19/h1-10,13H,11-12H2,(H,20,21,22). The van der Waals surface area contributed by atoms with Crippen LogP contribution >= 0.6 is 11.3 Å². The van der Waals surface area contributed by atoms with E-state index in [4.69, 9.17) is 0 Å². The fourth-order valence-electron chi connectivity index (χ4n) is 2.65. The van der Waals surface area contributed by atoms with Crippen LogP contribution in [0.25, 0.3) is 10.2 Å². The fourth-order valence-corrected chi connectivity index (χ4v) is 3.46. The third-order valence-electron chi connectivity index (χ3n) is 3.98. The molecule has 0 saturated heterocycles. The molecule has 4 rings (SSSR count). The second kappa shape index (κ2) is 6.86. The van der Waals surface area contributed by atoms with E-state index in [9.17, 15) is 4.79 Å². The van der Waals surface area contributed by atoms with Gasteiger partial charge in [0.1, 0.15) is 12.1 Å². The molecule has 1 aromatic carbocycles. The highest BCUT2D eigenvalue weighted by Gasteiger charge is 2.04. The van der Waals surface area contributed by atoms with Gasteiger partial charge in [-0.15, -0.1) is 11.3 Å². The van der Waals surface area contributed by atoms with E-state index in [0.717, 1.165) is 27.2 Å². The first kappa shape index (κ1) is 15.5. The fraction of sp³-hybridized carbons (Fsp3) is 0.105. The lowest BCUT2D eigenvalue weighted by atomic mass is 10.1. The van der Waals surface area contributed by atoms with Crippen molar-refractivity contribution in [2.45, 2.75) is 13.1 Å². The molecule has 0 fully saturated rings. The van der Waals surface area contributed by atoms with Crippen LogP contribution < -0.4 is 10.9 Å². The summed E-state index contributed by atoms with van der Waals surface area (Å²) in [6, 6.07) is 15.4. The molecule has 5 nitrogen and oxygen atoms in total. The van der Waals surface area contributed by atoms with Crippen molar-refractivity contribution in [2.75, 3.05) is 5.32 Å². The minimum Gasteiger partial charge on any atom is -0.365 e. The van der Waals surface area contributed by atoms with Gasteiger partial charge < -0.3 is 9.88 Å². The maximum atomic E-state index is 11.8. The van der Waals surface area contributed by atoms with Crippen molar-refractivity contribution in [2.24, 2.45) is 0 Å². The number of benzene rings is 1. The molecule has 3 aromatic heterocycles. The topological polar surface area (TPSA) is 59.8 Å². The summed E-state index contributed by atoms with van der Waals surface area (Å²) in [6.45, 7) is 1.27. The Bertz CT molecular complexity index is 1050. The molecule has 0 atom stereocenters. The van der Waals surface area contributed by atoms with Crippen LogP contribution in [0, 0.1) is 0 Å². The smallest absolute Gasteiger partial charge is 0.250 e. The van der Waals surface area contributed by atoms with Crippen LogP contribution in [0.15, 0.2) is 71.2 Å². The van der Waals surface area contributed by atoms with Crippen molar-refractivity contribution < 1.29 is 0 Å². The highest BCUT2D eigenvalue weighted by atomic mass is 32.1. The molecule has 0 bridgehead atoms. The third kappa shape index (κ3) is 3.44. The van der Waals surface area contributed by atoms with Gasteiger partial charge in [0.2, 0.25) is 0 Å². The zero-order valence-corrected chi connectivity index (χ0v) is 14.2. The van der Waals surface area contributed by atoms with Crippen molar-refractivity contribution in [1.82, 2.24) is 14.5 Å². The number of aromatic nitrogens is 3. The van der Waals surface area contributed by atoms with Gasteiger partial charge in [0.15, 0.2) is 0 Å². The Morgan fingerprint density at radius 2 is 1.84 bits per heavy atom. The molecular weight excluding hydrogens is 332 g/mol. The summed E-state index contributed by atoms with van der Waals surface area (Å²) in [6.07, 6.45) is 3.39. The Hall–Kier alpha value is -2.99. The second-order valence-electron chi connectivity index (χ2n) is 5.69. The predicted octanol–water partition coefficient (Wildman–Crippen LogP) is 3.51. The van der Waals surface area contributed by atoms with Crippen LogP contribution in [-0.4, -0.2) is 14.5 Å². The average Bonchev–Trinajstić information content (AvgIpc) is 3.12. The monoisotopic (exact) mass is 348 g/mol. The van der Waals surface area contributed by atoms with E-state index in [1.165, 1.54) is 0 Å². The van der Waals surface area contributed by atoms with Crippen molar-refractivity contribution in [1.29, 1.82) is 0 Å². The zero-order chi connectivity index (χ0) is 17.1. The van der Waals surface area contributed by atoms with Crippen molar-refractivity contribution in [3.8, 4) is 0 Å². The highest BCUT2D eigenvalue weighted by molar-refractivity contribution is 7.17. The molecule has 4 aromatic rings. The van der Waals surface area contributed by atoms with Gasteiger partial charge in [-0.2, -0.15) is 0 Å². The number of rotatable bonds is 5. The molecule has 25 heavy (non-hydrogen) atoms. The Kier molecular flexibility index (Phi) is 4.26. The van der Waals surface area contributed by atoms with Gasteiger partial charge in [0.25, 0.3) is 5.56 Å². The Labute approximate surface area is 148 Å². The van der Waals surface area contributed by atoms with E-state index < -0.39 is 0 Å². The largest absolute Gasteiger partial charge is 0.365 e. The van der Waals surface area contributed by atoms with E-state index in [2.05, 4.69) is 39.6 Å². The molecule has 0 aliphatic heterocycles. The van der Waals surface area contributed by atoms with Gasteiger partial charge in [-0.25, -0.2) is 9.97 Å². The molecule has 0 unspecified atom stereocenters. The molecule has 3 heterocycles. The highest BCUT2D eigenvalue weighted by Crippen LogP contribution is 2.25. The first-order valence-corrected chi connectivity index (χ1v) is 8.83.